The van der Waals surface area contributed by atoms with Crippen LogP contribution in [0.2, 0.25) is 18.1 Å². The van der Waals surface area contributed by atoms with E-state index in [1.807, 2.05) is 0 Å². The molecule has 0 N–H and O–H groups in total. The molecule has 0 amide bonds. The van der Waals surface area contributed by atoms with E-state index in [1.165, 1.54) is 18.3 Å². The summed E-state index contributed by atoms with van der Waals surface area (Å²) in [7, 11) is -1.84. The lowest BCUT2D eigenvalue weighted by Gasteiger charge is -2.36. The van der Waals surface area contributed by atoms with Crippen LogP contribution in [0, 0.1) is 10.1 Å². The highest BCUT2D eigenvalue weighted by atomic mass is 28.4. The summed E-state index contributed by atoms with van der Waals surface area (Å²) in [5.74, 6) is 0. The van der Waals surface area contributed by atoms with Crippen LogP contribution < -0.4 is 0 Å². The minimum Gasteiger partial charge on any atom is -0.411 e. The van der Waals surface area contributed by atoms with Gasteiger partial charge in [0.05, 0.1) is 17.2 Å². The number of hydrogen-bond donors (Lipinski definition) is 0. The second kappa shape index (κ2) is 5.15. The molecule has 0 saturated carbocycles. The standard InChI is InChI=1S/C12H20N2O3Si/c1-12(2,3)18(4,5)17-9-10-8-11(14(15)16)6-7-13-10/h6-8H,9H2,1-5H3. The van der Waals surface area contributed by atoms with Crippen molar-refractivity contribution < 1.29 is 9.35 Å². The van der Waals surface area contributed by atoms with Gasteiger partial charge in [-0.3, -0.25) is 15.1 Å². The van der Waals surface area contributed by atoms with Crippen molar-refractivity contribution in [3.05, 3.63) is 34.1 Å². The predicted molar refractivity (Wildman–Crippen MR) is 72.9 cm³/mol. The van der Waals surface area contributed by atoms with Crippen LogP contribution in [-0.4, -0.2) is 18.2 Å². The lowest BCUT2D eigenvalue weighted by molar-refractivity contribution is -0.385. The van der Waals surface area contributed by atoms with Gasteiger partial charge >= 0.3 is 0 Å². The van der Waals surface area contributed by atoms with E-state index in [-0.39, 0.29) is 10.7 Å². The molecule has 100 valence electrons. The van der Waals surface area contributed by atoms with Crippen molar-refractivity contribution in [2.45, 2.75) is 45.5 Å². The van der Waals surface area contributed by atoms with Crippen molar-refractivity contribution in [1.29, 1.82) is 0 Å². The molecule has 0 aromatic carbocycles. The second-order valence-electron chi connectivity index (χ2n) is 5.81. The molecule has 1 aromatic rings. The van der Waals surface area contributed by atoms with Crippen LogP contribution in [0.4, 0.5) is 5.69 Å². The first kappa shape index (κ1) is 14.8. The molecule has 0 unspecified atom stereocenters. The highest BCUT2D eigenvalue weighted by molar-refractivity contribution is 6.74. The summed E-state index contributed by atoms with van der Waals surface area (Å²) in [4.78, 5) is 14.3. The Balaban J connectivity index is 2.75. The summed E-state index contributed by atoms with van der Waals surface area (Å²) in [6, 6.07) is 2.85. The summed E-state index contributed by atoms with van der Waals surface area (Å²) in [5.41, 5.74) is 0.660. The molecule has 0 saturated heterocycles. The number of nitrogens with zero attached hydrogens (tertiary/aromatic N) is 2. The average Bonchev–Trinajstić information content (AvgIpc) is 2.25. The first-order chi connectivity index (χ1) is 8.13. The molecule has 18 heavy (non-hydrogen) atoms. The van der Waals surface area contributed by atoms with Gasteiger partial charge in [0.15, 0.2) is 8.32 Å². The molecule has 0 aliphatic carbocycles. The highest BCUT2D eigenvalue weighted by Crippen LogP contribution is 2.37. The predicted octanol–water partition coefficient (Wildman–Crippen LogP) is 3.51. The Morgan fingerprint density at radius 2 is 2.06 bits per heavy atom. The van der Waals surface area contributed by atoms with Crippen molar-refractivity contribution in [1.82, 2.24) is 4.98 Å². The summed E-state index contributed by atoms with van der Waals surface area (Å²) in [6.45, 7) is 11.1. The molecular formula is C12H20N2O3Si. The fourth-order valence-electron chi connectivity index (χ4n) is 1.13. The first-order valence-corrected chi connectivity index (χ1v) is 8.77. The zero-order valence-electron chi connectivity index (χ0n) is 11.6. The molecule has 0 spiro atoms. The monoisotopic (exact) mass is 268 g/mol. The van der Waals surface area contributed by atoms with Crippen LogP contribution in [-0.2, 0) is 11.0 Å². The minimum absolute atomic E-state index is 0.0545. The van der Waals surface area contributed by atoms with E-state index in [0.717, 1.165) is 0 Å². The van der Waals surface area contributed by atoms with Crippen LogP contribution in [0.25, 0.3) is 0 Å². The van der Waals surface area contributed by atoms with Crippen LogP contribution in [0.3, 0.4) is 0 Å². The Hall–Kier alpha value is -1.27. The van der Waals surface area contributed by atoms with E-state index < -0.39 is 13.2 Å². The van der Waals surface area contributed by atoms with Crippen LogP contribution >= 0.6 is 0 Å². The van der Waals surface area contributed by atoms with E-state index in [9.17, 15) is 10.1 Å². The van der Waals surface area contributed by atoms with Gasteiger partial charge in [-0.1, -0.05) is 20.8 Å². The number of nitro groups is 1. The fraction of sp³-hybridized carbons (Fsp3) is 0.583. The van der Waals surface area contributed by atoms with Crippen LogP contribution in [0.15, 0.2) is 18.3 Å². The van der Waals surface area contributed by atoms with E-state index in [0.29, 0.717) is 12.3 Å². The number of rotatable bonds is 4. The van der Waals surface area contributed by atoms with Gasteiger partial charge in [0, 0.05) is 18.3 Å². The Kier molecular flexibility index (Phi) is 4.23. The largest absolute Gasteiger partial charge is 0.411 e. The van der Waals surface area contributed by atoms with Gasteiger partial charge in [-0.05, 0) is 18.1 Å². The summed E-state index contributed by atoms with van der Waals surface area (Å²) in [5, 5.41) is 10.8. The number of pyridine rings is 1. The zero-order chi connectivity index (χ0) is 14.0. The van der Waals surface area contributed by atoms with Gasteiger partial charge in [-0.2, -0.15) is 0 Å². The molecule has 0 aliphatic rings. The second-order valence-corrected chi connectivity index (χ2v) is 10.6. The van der Waals surface area contributed by atoms with Crippen LogP contribution in [0.5, 0.6) is 0 Å². The molecule has 0 fully saturated rings. The van der Waals surface area contributed by atoms with Gasteiger partial charge in [0.1, 0.15) is 0 Å². The molecular weight excluding hydrogens is 248 g/mol. The minimum atomic E-state index is -1.84. The summed E-state index contributed by atoms with van der Waals surface area (Å²) < 4.78 is 5.97. The van der Waals surface area contributed by atoms with E-state index in [2.05, 4.69) is 38.8 Å². The summed E-state index contributed by atoms with van der Waals surface area (Å²) >= 11 is 0. The van der Waals surface area contributed by atoms with E-state index in [1.54, 1.807) is 0 Å². The Bertz CT molecular complexity index is 441. The maximum Gasteiger partial charge on any atom is 0.272 e. The molecule has 0 bridgehead atoms. The molecule has 0 aliphatic heterocycles. The molecule has 0 radical (unpaired) electrons. The topological polar surface area (TPSA) is 65.3 Å². The smallest absolute Gasteiger partial charge is 0.272 e. The Morgan fingerprint density at radius 1 is 1.44 bits per heavy atom. The average molecular weight is 268 g/mol. The van der Waals surface area contributed by atoms with Crippen molar-refractivity contribution in [2.75, 3.05) is 0 Å². The Labute approximate surface area is 108 Å². The van der Waals surface area contributed by atoms with Gasteiger partial charge < -0.3 is 4.43 Å². The lowest BCUT2D eigenvalue weighted by atomic mass is 10.2. The zero-order valence-corrected chi connectivity index (χ0v) is 12.6. The number of hydrogen-bond acceptors (Lipinski definition) is 4. The van der Waals surface area contributed by atoms with Crippen LogP contribution in [0.1, 0.15) is 26.5 Å². The molecule has 1 heterocycles. The fourth-order valence-corrected chi connectivity index (χ4v) is 2.07. The maximum absolute atomic E-state index is 10.7. The molecule has 6 heteroatoms. The van der Waals surface area contributed by atoms with E-state index >= 15 is 0 Å². The molecule has 0 atom stereocenters. The van der Waals surface area contributed by atoms with Gasteiger partial charge in [-0.25, -0.2) is 0 Å². The SMILES string of the molecule is CC(C)(C)[Si](C)(C)OCc1cc([N+](=O)[O-])ccn1. The highest BCUT2D eigenvalue weighted by Gasteiger charge is 2.37. The summed E-state index contributed by atoms with van der Waals surface area (Å²) in [6.07, 6.45) is 1.45. The van der Waals surface area contributed by atoms with Crippen molar-refractivity contribution in [3.63, 3.8) is 0 Å². The van der Waals surface area contributed by atoms with Crippen molar-refractivity contribution >= 4 is 14.0 Å². The third kappa shape index (κ3) is 3.61. The van der Waals surface area contributed by atoms with Gasteiger partial charge in [0.25, 0.3) is 5.69 Å². The normalized spacial score (nSPS) is 12.5. The first-order valence-electron chi connectivity index (χ1n) is 5.87. The Morgan fingerprint density at radius 3 is 2.56 bits per heavy atom. The third-order valence-electron chi connectivity index (χ3n) is 3.40. The lowest BCUT2D eigenvalue weighted by Crippen LogP contribution is -2.40. The molecule has 5 nitrogen and oxygen atoms in total. The third-order valence-corrected chi connectivity index (χ3v) is 7.88. The van der Waals surface area contributed by atoms with Gasteiger partial charge in [-0.15, -0.1) is 0 Å². The van der Waals surface area contributed by atoms with Gasteiger partial charge in [0.2, 0.25) is 0 Å². The number of aromatic nitrogens is 1. The van der Waals surface area contributed by atoms with Crippen molar-refractivity contribution in [2.24, 2.45) is 0 Å². The quantitative estimate of drug-likeness (QED) is 0.476. The van der Waals surface area contributed by atoms with E-state index in [4.69, 9.17) is 4.43 Å². The molecule has 1 rings (SSSR count). The van der Waals surface area contributed by atoms with Crippen molar-refractivity contribution in [3.8, 4) is 0 Å². The maximum atomic E-state index is 10.7. The molecule has 1 aromatic heterocycles.